The third-order valence-electron chi connectivity index (χ3n) is 3.32. The fourth-order valence-electron chi connectivity index (χ4n) is 2.59. The van der Waals surface area contributed by atoms with E-state index in [9.17, 15) is 8.78 Å². The first-order valence-corrected chi connectivity index (χ1v) is 7.11. The first-order valence-electron chi connectivity index (χ1n) is 7.11. The zero-order valence-corrected chi connectivity index (χ0v) is 12.6. The summed E-state index contributed by atoms with van der Waals surface area (Å²) in [4.78, 5) is 4.36. The molecule has 0 saturated heterocycles. The molecule has 1 aromatic heterocycles. The van der Waals surface area contributed by atoms with Gasteiger partial charge in [0.1, 0.15) is 11.6 Å². The summed E-state index contributed by atoms with van der Waals surface area (Å²) >= 11 is 0. The second-order valence-corrected chi connectivity index (χ2v) is 5.28. The molecule has 21 heavy (non-hydrogen) atoms. The van der Waals surface area contributed by atoms with Gasteiger partial charge in [-0.05, 0) is 62.2 Å². The predicted octanol–water partition coefficient (Wildman–Crippen LogP) is 3.87. The van der Waals surface area contributed by atoms with Crippen LogP contribution in [0.3, 0.4) is 0 Å². The van der Waals surface area contributed by atoms with Crippen molar-refractivity contribution >= 4 is 0 Å². The van der Waals surface area contributed by atoms with Crippen LogP contribution in [0.2, 0.25) is 0 Å². The molecule has 1 atom stereocenters. The fourth-order valence-corrected chi connectivity index (χ4v) is 2.59. The van der Waals surface area contributed by atoms with Crippen LogP contribution in [0.25, 0.3) is 0 Å². The van der Waals surface area contributed by atoms with E-state index in [0.717, 1.165) is 29.6 Å². The molecule has 2 nitrogen and oxygen atoms in total. The third-order valence-corrected chi connectivity index (χ3v) is 3.32. The number of pyridine rings is 1. The summed E-state index contributed by atoms with van der Waals surface area (Å²) in [5.41, 5.74) is 3.62. The van der Waals surface area contributed by atoms with E-state index in [4.69, 9.17) is 0 Å². The SMILES string of the molecule is CCNC(Cc1cc(F)cc(F)c1)c1cc(C)nc(C)c1. The van der Waals surface area contributed by atoms with Gasteiger partial charge in [-0.2, -0.15) is 0 Å². The summed E-state index contributed by atoms with van der Waals surface area (Å²) in [5.74, 6) is -1.08. The Labute approximate surface area is 124 Å². The Balaban J connectivity index is 2.30. The molecular formula is C17H20F2N2. The molecule has 0 aliphatic heterocycles. The summed E-state index contributed by atoms with van der Waals surface area (Å²) in [6, 6.07) is 7.69. The highest BCUT2D eigenvalue weighted by atomic mass is 19.1. The monoisotopic (exact) mass is 290 g/mol. The van der Waals surface area contributed by atoms with E-state index in [1.807, 2.05) is 32.9 Å². The summed E-state index contributed by atoms with van der Waals surface area (Å²) in [5, 5.41) is 3.37. The molecule has 1 aromatic carbocycles. The zero-order valence-electron chi connectivity index (χ0n) is 12.6. The van der Waals surface area contributed by atoms with Gasteiger partial charge in [-0.1, -0.05) is 6.92 Å². The van der Waals surface area contributed by atoms with Crippen LogP contribution in [0.5, 0.6) is 0 Å². The highest BCUT2D eigenvalue weighted by Gasteiger charge is 2.13. The molecular weight excluding hydrogens is 270 g/mol. The smallest absolute Gasteiger partial charge is 0.126 e. The maximum Gasteiger partial charge on any atom is 0.126 e. The van der Waals surface area contributed by atoms with Crippen molar-refractivity contribution < 1.29 is 8.78 Å². The minimum absolute atomic E-state index is 0.0107. The van der Waals surface area contributed by atoms with Crippen molar-refractivity contribution in [2.45, 2.75) is 33.2 Å². The van der Waals surface area contributed by atoms with Gasteiger partial charge in [-0.25, -0.2) is 8.78 Å². The Morgan fingerprint density at radius 2 is 1.57 bits per heavy atom. The Bertz CT molecular complexity index is 586. The molecule has 1 heterocycles. The number of nitrogens with zero attached hydrogens (tertiary/aromatic N) is 1. The minimum atomic E-state index is -0.540. The standard InChI is InChI=1S/C17H20F2N2/c1-4-20-17(14-5-11(2)21-12(3)6-14)9-13-7-15(18)10-16(19)8-13/h5-8,10,17,20H,4,9H2,1-3H3. The molecule has 0 bridgehead atoms. The van der Waals surface area contributed by atoms with Crippen molar-refractivity contribution in [3.63, 3.8) is 0 Å². The largest absolute Gasteiger partial charge is 0.310 e. The number of benzene rings is 1. The van der Waals surface area contributed by atoms with Crippen molar-refractivity contribution in [2.24, 2.45) is 0 Å². The number of aromatic nitrogens is 1. The third kappa shape index (κ3) is 4.33. The van der Waals surface area contributed by atoms with E-state index >= 15 is 0 Å². The summed E-state index contributed by atoms with van der Waals surface area (Å²) in [6.07, 6.45) is 0.533. The van der Waals surface area contributed by atoms with E-state index in [2.05, 4.69) is 10.3 Å². The predicted molar refractivity (Wildman–Crippen MR) is 80.2 cm³/mol. The number of nitrogens with one attached hydrogen (secondary N) is 1. The van der Waals surface area contributed by atoms with Crippen LogP contribution in [-0.4, -0.2) is 11.5 Å². The topological polar surface area (TPSA) is 24.9 Å². The normalized spacial score (nSPS) is 12.4. The molecule has 4 heteroatoms. The van der Waals surface area contributed by atoms with Crippen molar-refractivity contribution in [3.8, 4) is 0 Å². The number of hydrogen-bond donors (Lipinski definition) is 1. The molecule has 0 aliphatic carbocycles. The first kappa shape index (κ1) is 15.6. The van der Waals surface area contributed by atoms with Crippen molar-refractivity contribution in [3.05, 3.63) is 64.5 Å². The fraction of sp³-hybridized carbons (Fsp3) is 0.353. The van der Waals surface area contributed by atoms with Gasteiger partial charge in [0.25, 0.3) is 0 Å². The molecule has 1 unspecified atom stereocenters. The van der Waals surface area contributed by atoms with E-state index in [-0.39, 0.29) is 6.04 Å². The maximum atomic E-state index is 13.3. The number of aryl methyl sites for hydroxylation is 2. The van der Waals surface area contributed by atoms with Gasteiger partial charge in [-0.3, -0.25) is 4.98 Å². The lowest BCUT2D eigenvalue weighted by atomic mass is 9.98. The van der Waals surface area contributed by atoms with Crippen molar-refractivity contribution in [2.75, 3.05) is 6.54 Å². The van der Waals surface area contributed by atoms with Gasteiger partial charge in [0.15, 0.2) is 0 Å². The number of likely N-dealkylation sites (N-methyl/N-ethyl adjacent to an activating group) is 1. The van der Waals surface area contributed by atoms with E-state index in [0.29, 0.717) is 12.0 Å². The van der Waals surface area contributed by atoms with Gasteiger partial charge >= 0.3 is 0 Å². The Kier molecular flexibility index (Phi) is 5.02. The highest BCUT2D eigenvalue weighted by Crippen LogP contribution is 2.21. The zero-order chi connectivity index (χ0) is 15.4. The second-order valence-electron chi connectivity index (χ2n) is 5.28. The maximum absolute atomic E-state index is 13.3. The lowest BCUT2D eigenvalue weighted by Crippen LogP contribution is -2.23. The lowest BCUT2D eigenvalue weighted by Gasteiger charge is -2.19. The van der Waals surface area contributed by atoms with Gasteiger partial charge in [0.05, 0.1) is 0 Å². The lowest BCUT2D eigenvalue weighted by molar-refractivity contribution is 0.538. The highest BCUT2D eigenvalue weighted by molar-refractivity contribution is 5.27. The molecule has 2 aromatic rings. The van der Waals surface area contributed by atoms with Gasteiger partial charge in [-0.15, -0.1) is 0 Å². The average Bonchev–Trinajstić information content (AvgIpc) is 2.35. The van der Waals surface area contributed by atoms with Crippen LogP contribution >= 0.6 is 0 Å². The van der Waals surface area contributed by atoms with Crippen LogP contribution in [0, 0.1) is 25.5 Å². The number of halogens is 2. The van der Waals surface area contributed by atoms with E-state index < -0.39 is 11.6 Å². The van der Waals surface area contributed by atoms with Crippen LogP contribution in [0.1, 0.15) is 35.5 Å². The summed E-state index contributed by atoms with van der Waals surface area (Å²) in [6.45, 7) is 6.69. The molecule has 0 radical (unpaired) electrons. The van der Waals surface area contributed by atoms with Gasteiger partial charge in [0, 0.05) is 23.5 Å². The average molecular weight is 290 g/mol. The molecule has 0 saturated carbocycles. The van der Waals surface area contributed by atoms with Crippen LogP contribution in [-0.2, 0) is 6.42 Å². The van der Waals surface area contributed by atoms with Crippen LogP contribution < -0.4 is 5.32 Å². The second kappa shape index (κ2) is 6.76. The summed E-state index contributed by atoms with van der Waals surface area (Å²) in [7, 11) is 0. The van der Waals surface area contributed by atoms with Gasteiger partial charge < -0.3 is 5.32 Å². The number of hydrogen-bond acceptors (Lipinski definition) is 2. The molecule has 0 aliphatic rings. The van der Waals surface area contributed by atoms with Crippen LogP contribution in [0.15, 0.2) is 30.3 Å². The quantitative estimate of drug-likeness (QED) is 0.904. The Hall–Kier alpha value is -1.81. The van der Waals surface area contributed by atoms with Crippen molar-refractivity contribution in [1.82, 2.24) is 10.3 Å². The van der Waals surface area contributed by atoms with E-state index in [1.165, 1.54) is 12.1 Å². The number of rotatable bonds is 5. The minimum Gasteiger partial charge on any atom is -0.310 e. The van der Waals surface area contributed by atoms with Gasteiger partial charge in [0.2, 0.25) is 0 Å². The molecule has 2 rings (SSSR count). The Morgan fingerprint density at radius 3 is 2.10 bits per heavy atom. The summed E-state index contributed by atoms with van der Waals surface area (Å²) < 4.78 is 26.6. The van der Waals surface area contributed by atoms with Crippen LogP contribution in [0.4, 0.5) is 8.78 Å². The van der Waals surface area contributed by atoms with E-state index in [1.54, 1.807) is 0 Å². The Morgan fingerprint density at radius 1 is 1.00 bits per heavy atom. The molecule has 0 fully saturated rings. The first-order chi connectivity index (χ1) is 9.97. The molecule has 112 valence electrons. The molecule has 1 N–H and O–H groups in total. The molecule has 0 spiro atoms. The molecule has 0 amide bonds. The van der Waals surface area contributed by atoms with Crippen molar-refractivity contribution in [1.29, 1.82) is 0 Å².